The number of aromatic nitrogens is 2. The second-order valence-corrected chi connectivity index (χ2v) is 6.23. The minimum absolute atomic E-state index is 0.0282. The van der Waals surface area contributed by atoms with Crippen molar-refractivity contribution < 1.29 is 9.53 Å². The molecule has 0 spiro atoms. The first-order valence-corrected chi connectivity index (χ1v) is 7.74. The lowest BCUT2D eigenvalue weighted by molar-refractivity contribution is -0.136. The lowest BCUT2D eigenvalue weighted by atomic mass is 9.92. The minimum atomic E-state index is 0.0282. The molecule has 5 heteroatoms. The number of likely N-dealkylation sites (tertiary alicyclic amines) is 1. The third-order valence-corrected chi connectivity index (χ3v) is 4.06. The van der Waals surface area contributed by atoms with Gasteiger partial charge in [-0.25, -0.2) is 9.97 Å². The quantitative estimate of drug-likeness (QED) is 0.874. The molecule has 0 radical (unpaired) electrons. The van der Waals surface area contributed by atoms with Crippen molar-refractivity contribution in [1.29, 1.82) is 0 Å². The molecule has 0 N–H and O–H groups in total. The first-order chi connectivity index (χ1) is 10.6. The summed E-state index contributed by atoms with van der Waals surface area (Å²) in [5.74, 6) is 1.60. The predicted molar refractivity (Wildman–Crippen MR) is 84.6 cm³/mol. The summed E-state index contributed by atoms with van der Waals surface area (Å²) in [7, 11) is 0. The normalized spacial score (nSPS) is 21.8. The van der Waals surface area contributed by atoms with E-state index >= 15 is 0 Å². The monoisotopic (exact) mass is 299 g/mol. The number of para-hydroxylation sites is 1. The van der Waals surface area contributed by atoms with Crippen molar-refractivity contribution >= 4 is 16.8 Å². The van der Waals surface area contributed by atoms with Crippen LogP contribution in [0, 0.1) is 11.8 Å². The average Bonchev–Trinajstić information content (AvgIpc) is 2.51. The van der Waals surface area contributed by atoms with Gasteiger partial charge in [0.1, 0.15) is 6.33 Å². The summed E-state index contributed by atoms with van der Waals surface area (Å²) in [4.78, 5) is 22.6. The molecule has 2 atom stereocenters. The van der Waals surface area contributed by atoms with Crippen molar-refractivity contribution in [1.82, 2.24) is 14.9 Å². The zero-order valence-electron chi connectivity index (χ0n) is 13.0. The Balaban J connectivity index is 1.67. The molecule has 22 heavy (non-hydrogen) atoms. The Morgan fingerprint density at radius 1 is 1.23 bits per heavy atom. The highest BCUT2D eigenvalue weighted by atomic mass is 16.5. The van der Waals surface area contributed by atoms with E-state index < -0.39 is 0 Å². The average molecular weight is 299 g/mol. The molecule has 1 saturated heterocycles. The number of ether oxygens (including phenoxy) is 1. The number of hydrogen-bond acceptors (Lipinski definition) is 4. The summed E-state index contributed by atoms with van der Waals surface area (Å²) >= 11 is 0. The standard InChI is InChI=1S/C17H21N3O2/c1-12-7-13(2)9-20(8-12)16(21)10-22-17-14-5-3-4-6-15(14)18-11-19-17/h3-6,11-13H,7-10H2,1-2H3/t12-,13-/m0/s1. The molecule has 1 aliphatic rings. The Morgan fingerprint density at radius 3 is 2.73 bits per heavy atom. The van der Waals surface area contributed by atoms with Gasteiger partial charge in [0.15, 0.2) is 6.61 Å². The van der Waals surface area contributed by atoms with Crippen LogP contribution in [0.15, 0.2) is 30.6 Å². The molecule has 0 aliphatic carbocycles. The largest absolute Gasteiger partial charge is 0.467 e. The van der Waals surface area contributed by atoms with Crippen molar-refractivity contribution in [3.8, 4) is 5.88 Å². The molecule has 5 nitrogen and oxygen atoms in total. The van der Waals surface area contributed by atoms with Gasteiger partial charge >= 0.3 is 0 Å². The fraction of sp³-hybridized carbons (Fsp3) is 0.471. The van der Waals surface area contributed by atoms with E-state index in [9.17, 15) is 4.79 Å². The fourth-order valence-electron chi connectivity index (χ4n) is 3.18. The van der Waals surface area contributed by atoms with E-state index in [0.717, 1.165) is 24.0 Å². The third-order valence-electron chi connectivity index (χ3n) is 4.06. The summed E-state index contributed by atoms with van der Waals surface area (Å²) in [6, 6.07) is 7.63. The summed E-state index contributed by atoms with van der Waals surface area (Å²) in [6.45, 7) is 6.04. The lowest BCUT2D eigenvalue weighted by Crippen LogP contribution is -2.44. The number of amides is 1. The van der Waals surface area contributed by atoms with E-state index in [1.165, 1.54) is 12.7 Å². The number of rotatable bonds is 3. The Bertz CT molecular complexity index is 659. The molecule has 0 bridgehead atoms. The van der Waals surface area contributed by atoms with E-state index in [-0.39, 0.29) is 12.5 Å². The van der Waals surface area contributed by atoms with E-state index in [2.05, 4.69) is 23.8 Å². The number of nitrogens with zero attached hydrogens (tertiary/aromatic N) is 3. The highest BCUT2D eigenvalue weighted by molar-refractivity contribution is 5.84. The number of hydrogen-bond donors (Lipinski definition) is 0. The van der Waals surface area contributed by atoms with Gasteiger partial charge in [0.05, 0.1) is 10.9 Å². The number of carbonyl (C=O) groups excluding carboxylic acids is 1. The van der Waals surface area contributed by atoms with Crippen molar-refractivity contribution in [3.05, 3.63) is 30.6 Å². The first-order valence-electron chi connectivity index (χ1n) is 7.74. The van der Waals surface area contributed by atoms with E-state index in [1.54, 1.807) is 0 Å². The molecule has 0 saturated carbocycles. The molecule has 1 amide bonds. The van der Waals surface area contributed by atoms with E-state index in [0.29, 0.717) is 17.7 Å². The Hall–Kier alpha value is -2.17. The summed E-state index contributed by atoms with van der Waals surface area (Å²) in [5.41, 5.74) is 0.820. The van der Waals surface area contributed by atoms with Gasteiger partial charge in [-0.2, -0.15) is 0 Å². The van der Waals surface area contributed by atoms with Crippen molar-refractivity contribution in [3.63, 3.8) is 0 Å². The highest BCUT2D eigenvalue weighted by Crippen LogP contribution is 2.22. The van der Waals surface area contributed by atoms with Gasteiger partial charge in [0.2, 0.25) is 5.88 Å². The summed E-state index contributed by atoms with van der Waals surface area (Å²) < 4.78 is 5.66. The van der Waals surface area contributed by atoms with Gasteiger partial charge < -0.3 is 9.64 Å². The van der Waals surface area contributed by atoms with Crippen LogP contribution < -0.4 is 4.74 Å². The molecule has 2 aromatic rings. The van der Waals surface area contributed by atoms with Crippen molar-refractivity contribution in [2.75, 3.05) is 19.7 Å². The second-order valence-electron chi connectivity index (χ2n) is 6.23. The smallest absolute Gasteiger partial charge is 0.260 e. The van der Waals surface area contributed by atoms with Crippen LogP contribution in [0.1, 0.15) is 20.3 Å². The predicted octanol–water partition coefficient (Wildman–Crippen LogP) is 2.51. The van der Waals surface area contributed by atoms with Gasteiger partial charge in [0.25, 0.3) is 5.91 Å². The van der Waals surface area contributed by atoms with Gasteiger partial charge in [0, 0.05) is 13.1 Å². The van der Waals surface area contributed by atoms with Crippen LogP contribution in [0.3, 0.4) is 0 Å². The Kier molecular flexibility index (Phi) is 4.22. The van der Waals surface area contributed by atoms with E-state index in [1.807, 2.05) is 29.2 Å². The maximum Gasteiger partial charge on any atom is 0.260 e. The maximum absolute atomic E-state index is 12.4. The molecule has 0 unspecified atom stereocenters. The van der Waals surface area contributed by atoms with Crippen LogP contribution >= 0.6 is 0 Å². The van der Waals surface area contributed by atoms with Gasteiger partial charge in [-0.15, -0.1) is 0 Å². The van der Waals surface area contributed by atoms with Crippen LogP contribution in [0.2, 0.25) is 0 Å². The molecular formula is C17H21N3O2. The fourth-order valence-corrected chi connectivity index (χ4v) is 3.18. The summed E-state index contributed by atoms with van der Waals surface area (Å²) in [5, 5.41) is 0.832. The van der Waals surface area contributed by atoms with Crippen LogP contribution in [0.5, 0.6) is 5.88 Å². The summed E-state index contributed by atoms with van der Waals surface area (Å²) in [6.07, 6.45) is 2.65. The minimum Gasteiger partial charge on any atom is -0.467 e. The zero-order valence-corrected chi connectivity index (χ0v) is 13.0. The molecule has 1 aliphatic heterocycles. The zero-order chi connectivity index (χ0) is 15.5. The Labute approximate surface area is 130 Å². The van der Waals surface area contributed by atoms with Gasteiger partial charge in [-0.1, -0.05) is 26.0 Å². The van der Waals surface area contributed by atoms with Gasteiger partial charge in [-0.3, -0.25) is 4.79 Å². The SMILES string of the molecule is C[C@H]1C[C@H](C)CN(C(=O)COc2ncnc3ccccc23)C1. The number of piperidine rings is 1. The molecule has 1 aromatic carbocycles. The van der Waals surface area contributed by atoms with Crippen molar-refractivity contribution in [2.24, 2.45) is 11.8 Å². The molecule has 116 valence electrons. The molecule has 1 fully saturated rings. The first kappa shape index (κ1) is 14.8. The molecule has 1 aromatic heterocycles. The van der Waals surface area contributed by atoms with Crippen molar-refractivity contribution in [2.45, 2.75) is 20.3 Å². The second kappa shape index (κ2) is 6.30. The number of carbonyl (C=O) groups is 1. The van der Waals surface area contributed by atoms with Crippen LogP contribution in [-0.4, -0.2) is 40.5 Å². The number of benzene rings is 1. The number of fused-ring (bicyclic) bond motifs is 1. The molecule has 2 heterocycles. The van der Waals surface area contributed by atoms with Crippen LogP contribution in [-0.2, 0) is 4.79 Å². The molecule has 3 rings (SSSR count). The van der Waals surface area contributed by atoms with Crippen LogP contribution in [0.25, 0.3) is 10.9 Å². The molecular weight excluding hydrogens is 278 g/mol. The third kappa shape index (κ3) is 3.18. The lowest BCUT2D eigenvalue weighted by Gasteiger charge is -2.34. The highest BCUT2D eigenvalue weighted by Gasteiger charge is 2.25. The topological polar surface area (TPSA) is 55.3 Å². The van der Waals surface area contributed by atoms with Crippen LogP contribution in [0.4, 0.5) is 0 Å². The van der Waals surface area contributed by atoms with E-state index in [4.69, 9.17) is 4.74 Å². The van der Waals surface area contributed by atoms with Gasteiger partial charge in [-0.05, 0) is 30.4 Å². The maximum atomic E-state index is 12.4. The Morgan fingerprint density at radius 2 is 1.95 bits per heavy atom.